The lowest BCUT2D eigenvalue weighted by atomic mass is 9.95. The van der Waals surface area contributed by atoms with Crippen LogP contribution in [0.1, 0.15) is 50.2 Å². The molecule has 0 aromatic heterocycles. The number of rotatable bonds is 11. The Bertz CT molecular complexity index is 1430. The van der Waals surface area contributed by atoms with E-state index >= 15 is 0 Å². The van der Waals surface area contributed by atoms with Crippen molar-refractivity contribution in [1.29, 1.82) is 0 Å². The zero-order chi connectivity index (χ0) is 29.4. The van der Waals surface area contributed by atoms with Gasteiger partial charge >= 0.3 is 0 Å². The second-order valence-electron chi connectivity index (χ2n) is 10.6. The summed E-state index contributed by atoms with van der Waals surface area (Å²) in [6.45, 7) is 3.27. The number of amides is 2. The summed E-state index contributed by atoms with van der Waals surface area (Å²) in [5, 5.41) is 3.48. The highest BCUT2D eigenvalue weighted by molar-refractivity contribution is 7.92. The summed E-state index contributed by atoms with van der Waals surface area (Å²) < 4.78 is 29.0. The van der Waals surface area contributed by atoms with Crippen molar-refractivity contribution < 1.29 is 18.0 Å². The second-order valence-corrected chi connectivity index (χ2v) is 12.9. The fraction of sp³-hybridized carbons (Fsp3) is 0.375. The molecule has 2 amide bonds. The normalized spacial score (nSPS) is 14.7. The van der Waals surface area contributed by atoms with Crippen LogP contribution in [0.2, 0.25) is 5.02 Å². The van der Waals surface area contributed by atoms with Crippen molar-refractivity contribution in [3.05, 3.63) is 95.0 Å². The first-order chi connectivity index (χ1) is 19.7. The third kappa shape index (κ3) is 7.89. The molecule has 7 nitrogen and oxygen atoms in total. The van der Waals surface area contributed by atoms with Crippen LogP contribution in [0.5, 0.6) is 0 Å². The molecule has 9 heteroatoms. The molecule has 0 bridgehead atoms. The summed E-state index contributed by atoms with van der Waals surface area (Å²) in [7, 11) is -4.13. The minimum Gasteiger partial charge on any atom is -0.352 e. The number of carbonyl (C=O) groups is 2. The average Bonchev–Trinajstić information content (AvgIpc) is 2.98. The molecule has 0 aliphatic heterocycles. The fourth-order valence-corrected chi connectivity index (χ4v) is 6.88. The standard InChI is InChI=1S/C32H38ClN3O4S/c1-24-18-19-27(33)22-30(24)36(41(39,40)29-16-10-5-11-17-29)23-31(37)35(21-20-26-12-6-3-7-13-26)25(2)32(38)34-28-14-8-4-9-15-28/h3,5-7,10-13,16-19,22,25,28H,4,8-9,14-15,20-21,23H2,1-2H3,(H,34,38)/t25-/m0/s1. The predicted molar refractivity (Wildman–Crippen MR) is 163 cm³/mol. The van der Waals surface area contributed by atoms with E-state index < -0.39 is 28.5 Å². The van der Waals surface area contributed by atoms with Gasteiger partial charge < -0.3 is 10.2 Å². The van der Waals surface area contributed by atoms with Crippen molar-refractivity contribution >= 4 is 39.1 Å². The Balaban J connectivity index is 1.65. The number of nitrogens with zero attached hydrogens (tertiary/aromatic N) is 2. The first-order valence-corrected chi connectivity index (χ1v) is 16.0. The minimum absolute atomic E-state index is 0.0612. The van der Waals surface area contributed by atoms with Gasteiger partial charge in [0.05, 0.1) is 10.6 Å². The summed E-state index contributed by atoms with van der Waals surface area (Å²) in [6.07, 6.45) is 5.68. The smallest absolute Gasteiger partial charge is 0.264 e. The number of nitrogens with one attached hydrogen (secondary N) is 1. The SMILES string of the molecule is Cc1ccc(Cl)cc1N(CC(=O)N(CCc1ccccc1)[C@@H](C)C(=O)NC1CCCCC1)S(=O)(=O)c1ccccc1. The Kier molecular flexibility index (Phi) is 10.5. The van der Waals surface area contributed by atoms with Gasteiger partial charge in [-0.1, -0.05) is 85.5 Å². The minimum atomic E-state index is -4.13. The van der Waals surface area contributed by atoms with E-state index in [0.29, 0.717) is 22.7 Å². The van der Waals surface area contributed by atoms with E-state index in [1.807, 2.05) is 30.3 Å². The maximum atomic E-state index is 14.1. The molecule has 0 heterocycles. The lowest BCUT2D eigenvalue weighted by molar-refractivity contribution is -0.139. The summed E-state index contributed by atoms with van der Waals surface area (Å²) in [5.41, 5.74) is 1.99. The van der Waals surface area contributed by atoms with Crippen molar-refractivity contribution in [3.8, 4) is 0 Å². The van der Waals surface area contributed by atoms with E-state index in [0.717, 1.165) is 42.0 Å². The van der Waals surface area contributed by atoms with Gasteiger partial charge in [-0.05, 0) is 68.5 Å². The largest absolute Gasteiger partial charge is 0.352 e. The van der Waals surface area contributed by atoms with Gasteiger partial charge in [0.15, 0.2) is 0 Å². The molecule has 0 unspecified atom stereocenters. The third-order valence-corrected chi connectivity index (χ3v) is 9.66. The third-order valence-electron chi connectivity index (χ3n) is 7.65. The zero-order valence-corrected chi connectivity index (χ0v) is 25.2. The van der Waals surface area contributed by atoms with Gasteiger partial charge in [-0.3, -0.25) is 13.9 Å². The number of halogens is 1. The monoisotopic (exact) mass is 595 g/mol. The number of hydrogen-bond acceptors (Lipinski definition) is 4. The molecule has 1 saturated carbocycles. The second kappa shape index (κ2) is 14.0. The summed E-state index contributed by atoms with van der Waals surface area (Å²) in [6, 6.07) is 22.0. The van der Waals surface area contributed by atoms with Crippen LogP contribution in [0.25, 0.3) is 0 Å². The number of hydrogen-bond donors (Lipinski definition) is 1. The zero-order valence-electron chi connectivity index (χ0n) is 23.6. The number of benzene rings is 3. The summed E-state index contributed by atoms with van der Waals surface area (Å²) in [4.78, 5) is 29.0. The van der Waals surface area contributed by atoms with Gasteiger partial charge in [-0.25, -0.2) is 8.42 Å². The molecular weight excluding hydrogens is 558 g/mol. The van der Waals surface area contributed by atoms with Crippen LogP contribution >= 0.6 is 11.6 Å². The van der Waals surface area contributed by atoms with Crippen molar-refractivity contribution in [3.63, 3.8) is 0 Å². The first kappa shape index (κ1) is 30.6. The van der Waals surface area contributed by atoms with E-state index in [1.165, 1.54) is 17.0 Å². The van der Waals surface area contributed by atoms with Crippen LogP contribution in [0.3, 0.4) is 0 Å². The Morgan fingerprint density at radius 3 is 2.24 bits per heavy atom. The van der Waals surface area contributed by atoms with Crippen LogP contribution in [0, 0.1) is 6.92 Å². The maximum Gasteiger partial charge on any atom is 0.264 e. The van der Waals surface area contributed by atoms with E-state index in [-0.39, 0.29) is 23.4 Å². The Morgan fingerprint density at radius 1 is 0.951 bits per heavy atom. The van der Waals surface area contributed by atoms with Gasteiger partial charge in [0.2, 0.25) is 11.8 Å². The molecule has 1 aliphatic rings. The van der Waals surface area contributed by atoms with Gasteiger partial charge in [0.1, 0.15) is 12.6 Å². The van der Waals surface area contributed by atoms with E-state index in [2.05, 4.69) is 5.32 Å². The van der Waals surface area contributed by atoms with Gasteiger partial charge in [-0.2, -0.15) is 0 Å². The molecule has 1 atom stereocenters. The molecule has 0 spiro atoms. The number of anilines is 1. The van der Waals surface area contributed by atoms with Gasteiger partial charge in [0.25, 0.3) is 10.0 Å². The van der Waals surface area contributed by atoms with Crippen molar-refractivity contribution in [2.24, 2.45) is 0 Å². The van der Waals surface area contributed by atoms with Gasteiger partial charge in [0, 0.05) is 17.6 Å². The molecule has 0 saturated heterocycles. The number of aryl methyl sites for hydroxylation is 1. The Morgan fingerprint density at radius 2 is 1.59 bits per heavy atom. The lowest BCUT2D eigenvalue weighted by Gasteiger charge is -2.33. The molecule has 1 N–H and O–H groups in total. The highest BCUT2D eigenvalue weighted by Gasteiger charge is 2.33. The molecule has 0 radical (unpaired) electrons. The van der Waals surface area contributed by atoms with E-state index in [1.54, 1.807) is 50.2 Å². The topological polar surface area (TPSA) is 86.8 Å². The quantitative estimate of drug-likeness (QED) is 0.306. The Hall–Kier alpha value is -3.36. The summed E-state index contributed by atoms with van der Waals surface area (Å²) in [5.74, 6) is -0.694. The van der Waals surface area contributed by atoms with Crippen LogP contribution < -0.4 is 9.62 Å². The molecular formula is C32H38ClN3O4S. The summed E-state index contributed by atoms with van der Waals surface area (Å²) >= 11 is 6.29. The van der Waals surface area contributed by atoms with Crippen LogP contribution in [0.4, 0.5) is 5.69 Å². The maximum absolute atomic E-state index is 14.1. The molecule has 1 fully saturated rings. The van der Waals surface area contributed by atoms with E-state index in [4.69, 9.17) is 11.6 Å². The first-order valence-electron chi connectivity index (χ1n) is 14.1. The predicted octanol–water partition coefficient (Wildman–Crippen LogP) is 5.75. The molecule has 3 aromatic carbocycles. The van der Waals surface area contributed by atoms with Crippen molar-refractivity contribution in [2.45, 2.75) is 69.4 Å². The van der Waals surface area contributed by atoms with Crippen LogP contribution in [-0.4, -0.2) is 50.3 Å². The lowest BCUT2D eigenvalue weighted by Crippen LogP contribution is -2.53. The highest BCUT2D eigenvalue weighted by atomic mass is 35.5. The van der Waals surface area contributed by atoms with Crippen LogP contribution in [0.15, 0.2) is 83.8 Å². The van der Waals surface area contributed by atoms with Crippen molar-refractivity contribution in [2.75, 3.05) is 17.4 Å². The Labute approximate surface area is 248 Å². The fourth-order valence-electron chi connectivity index (χ4n) is 5.22. The van der Waals surface area contributed by atoms with Gasteiger partial charge in [-0.15, -0.1) is 0 Å². The highest BCUT2D eigenvalue weighted by Crippen LogP contribution is 2.30. The van der Waals surface area contributed by atoms with Crippen LogP contribution in [-0.2, 0) is 26.0 Å². The molecule has 218 valence electrons. The molecule has 4 rings (SSSR count). The number of carbonyl (C=O) groups excluding carboxylic acids is 2. The molecule has 3 aromatic rings. The van der Waals surface area contributed by atoms with E-state index in [9.17, 15) is 18.0 Å². The number of sulfonamides is 1. The van der Waals surface area contributed by atoms with Crippen molar-refractivity contribution in [1.82, 2.24) is 10.2 Å². The molecule has 41 heavy (non-hydrogen) atoms. The molecule has 1 aliphatic carbocycles. The average molecular weight is 596 g/mol.